The zero-order chi connectivity index (χ0) is 29.8. The van der Waals surface area contributed by atoms with Crippen LogP contribution < -0.4 is 19.1 Å². The Balaban J connectivity index is 1.74. The minimum atomic E-state index is -3.94. The lowest BCUT2D eigenvalue weighted by molar-refractivity contribution is -0.140. The van der Waals surface area contributed by atoms with E-state index in [4.69, 9.17) is 9.47 Å². The van der Waals surface area contributed by atoms with Gasteiger partial charge in [-0.2, -0.15) is 0 Å². The Bertz CT molecular complexity index is 1490. The van der Waals surface area contributed by atoms with Crippen molar-refractivity contribution in [2.45, 2.75) is 45.3 Å². The van der Waals surface area contributed by atoms with Crippen LogP contribution in [0.5, 0.6) is 11.5 Å². The Morgan fingerprint density at radius 1 is 0.951 bits per heavy atom. The molecule has 1 atom stereocenters. The van der Waals surface area contributed by atoms with Gasteiger partial charge in [-0.1, -0.05) is 42.5 Å². The predicted octanol–water partition coefficient (Wildman–Crippen LogP) is 3.88. The Morgan fingerprint density at radius 2 is 1.61 bits per heavy atom. The summed E-state index contributed by atoms with van der Waals surface area (Å²) in [7, 11) is -3.94. The van der Waals surface area contributed by atoms with E-state index >= 15 is 0 Å². The first-order valence-electron chi connectivity index (χ1n) is 13.1. The van der Waals surface area contributed by atoms with E-state index < -0.39 is 45.8 Å². The van der Waals surface area contributed by atoms with Crippen LogP contribution in [0.1, 0.15) is 31.9 Å². The molecule has 11 heteroatoms. The first kappa shape index (κ1) is 29.9. The van der Waals surface area contributed by atoms with Gasteiger partial charge < -0.3 is 19.7 Å². The zero-order valence-corrected chi connectivity index (χ0v) is 24.3. The number of benzene rings is 3. The predicted molar refractivity (Wildman–Crippen MR) is 154 cm³/mol. The first-order chi connectivity index (χ1) is 19.3. The molecule has 3 aromatic carbocycles. The van der Waals surface area contributed by atoms with Gasteiger partial charge >= 0.3 is 0 Å². The lowest BCUT2D eigenvalue weighted by Crippen LogP contribution is -2.56. The molecule has 1 aliphatic heterocycles. The fourth-order valence-electron chi connectivity index (χ4n) is 4.45. The van der Waals surface area contributed by atoms with E-state index in [1.54, 1.807) is 6.07 Å². The number of rotatable bonds is 10. The molecule has 4 rings (SSSR count). The van der Waals surface area contributed by atoms with E-state index in [-0.39, 0.29) is 25.4 Å². The largest absolute Gasteiger partial charge is 0.454 e. The minimum Gasteiger partial charge on any atom is -0.454 e. The second kappa shape index (κ2) is 12.2. The van der Waals surface area contributed by atoms with Gasteiger partial charge in [-0.3, -0.25) is 13.9 Å². The number of sulfonamides is 1. The Labute approximate surface area is 239 Å². The van der Waals surface area contributed by atoms with Crippen molar-refractivity contribution in [2.75, 3.05) is 23.9 Å². The Hall–Kier alpha value is -4.12. The number of hydrogen-bond acceptors (Lipinski definition) is 6. The van der Waals surface area contributed by atoms with Crippen LogP contribution in [-0.4, -0.2) is 56.3 Å². The molecular weight excluding hydrogens is 549 g/mol. The minimum absolute atomic E-state index is 0.00605. The molecule has 41 heavy (non-hydrogen) atoms. The van der Waals surface area contributed by atoms with Crippen molar-refractivity contribution in [3.05, 3.63) is 89.7 Å². The first-order valence-corrected chi connectivity index (χ1v) is 14.9. The van der Waals surface area contributed by atoms with E-state index in [0.29, 0.717) is 17.1 Å². The van der Waals surface area contributed by atoms with E-state index in [1.165, 1.54) is 41.3 Å². The van der Waals surface area contributed by atoms with Crippen molar-refractivity contribution in [2.24, 2.45) is 0 Å². The molecule has 1 heterocycles. The third kappa shape index (κ3) is 7.97. The molecule has 0 aromatic heterocycles. The normalized spacial score (nSPS) is 13.4. The lowest BCUT2D eigenvalue weighted by Gasteiger charge is -2.35. The number of carbonyl (C=O) groups is 2. The van der Waals surface area contributed by atoms with Crippen molar-refractivity contribution in [1.82, 2.24) is 10.2 Å². The van der Waals surface area contributed by atoms with Gasteiger partial charge in [0.1, 0.15) is 18.4 Å². The number of ether oxygens (including phenoxy) is 2. The maximum absolute atomic E-state index is 14.1. The van der Waals surface area contributed by atoms with Crippen LogP contribution in [0.3, 0.4) is 0 Å². The summed E-state index contributed by atoms with van der Waals surface area (Å²) in [6, 6.07) is 18.4. The van der Waals surface area contributed by atoms with Crippen LogP contribution in [0.25, 0.3) is 0 Å². The molecule has 0 saturated heterocycles. The maximum Gasteiger partial charge on any atom is 0.244 e. The van der Waals surface area contributed by atoms with E-state index in [9.17, 15) is 22.4 Å². The molecule has 1 aliphatic rings. The van der Waals surface area contributed by atoms with Crippen LogP contribution in [-0.2, 0) is 32.6 Å². The summed E-state index contributed by atoms with van der Waals surface area (Å²) < 4.78 is 51.3. The van der Waals surface area contributed by atoms with Crippen molar-refractivity contribution in [1.29, 1.82) is 0 Å². The summed E-state index contributed by atoms with van der Waals surface area (Å²) in [5.74, 6) is -0.622. The van der Waals surface area contributed by atoms with E-state index in [2.05, 4.69) is 5.32 Å². The van der Waals surface area contributed by atoms with Gasteiger partial charge in [0.05, 0.1) is 11.9 Å². The topological polar surface area (TPSA) is 105 Å². The number of fused-ring (bicyclic) bond motifs is 1. The average Bonchev–Trinajstić information content (AvgIpc) is 3.37. The molecule has 0 aliphatic carbocycles. The van der Waals surface area contributed by atoms with Crippen LogP contribution in [0.15, 0.2) is 72.8 Å². The number of anilines is 1. The van der Waals surface area contributed by atoms with Gasteiger partial charge in [-0.05, 0) is 56.2 Å². The molecular formula is C30H34FN3O6S. The number of carbonyl (C=O) groups excluding carboxylic acids is 2. The summed E-state index contributed by atoms with van der Waals surface area (Å²) in [4.78, 5) is 29.2. The maximum atomic E-state index is 14.1. The van der Waals surface area contributed by atoms with E-state index in [1.807, 2.05) is 51.1 Å². The fraction of sp³-hybridized carbons (Fsp3) is 0.333. The number of nitrogens with one attached hydrogen (secondary N) is 1. The molecule has 218 valence electrons. The number of halogens is 1. The van der Waals surface area contributed by atoms with Gasteiger partial charge in [0.25, 0.3) is 0 Å². The summed E-state index contributed by atoms with van der Waals surface area (Å²) in [6.07, 6.45) is 1.18. The Kier molecular flexibility index (Phi) is 8.86. The zero-order valence-electron chi connectivity index (χ0n) is 23.5. The van der Waals surface area contributed by atoms with Gasteiger partial charge in [-0.25, -0.2) is 12.8 Å². The van der Waals surface area contributed by atoms with E-state index in [0.717, 1.165) is 16.1 Å². The fourth-order valence-corrected chi connectivity index (χ4v) is 5.29. The third-order valence-electron chi connectivity index (χ3n) is 6.36. The van der Waals surface area contributed by atoms with Gasteiger partial charge in [0, 0.05) is 24.6 Å². The highest BCUT2D eigenvalue weighted by molar-refractivity contribution is 7.92. The number of amides is 2. The highest BCUT2D eigenvalue weighted by atomic mass is 32.2. The molecule has 0 fully saturated rings. The summed E-state index contributed by atoms with van der Waals surface area (Å²) in [5, 5.41) is 2.96. The smallest absolute Gasteiger partial charge is 0.244 e. The quantitative estimate of drug-likeness (QED) is 0.389. The van der Waals surface area contributed by atoms with Gasteiger partial charge in [0.2, 0.25) is 28.6 Å². The summed E-state index contributed by atoms with van der Waals surface area (Å²) in [6.45, 7) is 4.89. The van der Waals surface area contributed by atoms with Crippen LogP contribution >= 0.6 is 0 Å². The molecule has 3 aromatic rings. The number of nitrogens with zero attached hydrogens (tertiary/aromatic N) is 2. The second-order valence-corrected chi connectivity index (χ2v) is 12.8. The second-order valence-electron chi connectivity index (χ2n) is 10.9. The molecule has 0 bridgehead atoms. The number of hydrogen-bond donors (Lipinski definition) is 1. The van der Waals surface area contributed by atoms with Crippen LogP contribution in [0.4, 0.5) is 10.1 Å². The molecule has 0 radical (unpaired) electrons. The molecule has 2 amide bonds. The van der Waals surface area contributed by atoms with Crippen LogP contribution in [0.2, 0.25) is 0 Å². The highest BCUT2D eigenvalue weighted by Gasteiger charge is 2.34. The van der Waals surface area contributed by atoms with Gasteiger partial charge in [0.15, 0.2) is 11.5 Å². The average molecular weight is 584 g/mol. The van der Waals surface area contributed by atoms with Gasteiger partial charge in [-0.15, -0.1) is 0 Å². The summed E-state index contributed by atoms with van der Waals surface area (Å²) >= 11 is 0. The molecule has 1 N–H and O–H groups in total. The molecule has 0 spiro atoms. The molecule has 0 unspecified atom stereocenters. The SMILES string of the molecule is CC(C)(C)NC(=O)[C@H](Cc1ccccc1)N(Cc1ccc(F)cc1)C(=O)CN(c1ccc2c(c1)OCO2)S(C)(=O)=O. The van der Waals surface area contributed by atoms with Crippen LogP contribution in [0, 0.1) is 5.82 Å². The third-order valence-corrected chi connectivity index (χ3v) is 7.50. The lowest BCUT2D eigenvalue weighted by atomic mass is 10.0. The van der Waals surface area contributed by atoms with Crippen molar-refractivity contribution < 1.29 is 31.9 Å². The standard InChI is InChI=1S/C30H34FN3O6S/c1-30(2,3)32-29(36)25(16-21-8-6-5-7-9-21)33(18-22-10-12-23(31)13-11-22)28(35)19-34(41(4,37)38)24-14-15-26-27(17-24)40-20-39-26/h5-15,17,25H,16,18-20H2,1-4H3,(H,32,36)/t25-/m0/s1. The van der Waals surface area contributed by atoms with Crippen molar-refractivity contribution in [3.8, 4) is 11.5 Å². The monoisotopic (exact) mass is 583 g/mol. The van der Waals surface area contributed by atoms with Crippen molar-refractivity contribution in [3.63, 3.8) is 0 Å². The molecule has 9 nitrogen and oxygen atoms in total. The summed E-state index contributed by atoms with van der Waals surface area (Å²) in [5.41, 5.74) is 1.01. The van der Waals surface area contributed by atoms with Crippen molar-refractivity contribution >= 4 is 27.5 Å². The highest BCUT2D eigenvalue weighted by Crippen LogP contribution is 2.36. The molecule has 0 saturated carbocycles. The Morgan fingerprint density at radius 3 is 2.24 bits per heavy atom.